The van der Waals surface area contributed by atoms with Gasteiger partial charge in [-0.2, -0.15) is 0 Å². The summed E-state index contributed by atoms with van der Waals surface area (Å²) in [4.78, 5) is 27.2. The number of aryl methyl sites for hydroxylation is 1. The lowest BCUT2D eigenvalue weighted by Crippen LogP contribution is -2.41. The molecule has 2 aliphatic rings. The summed E-state index contributed by atoms with van der Waals surface area (Å²) in [6.07, 6.45) is 4.02. The molecule has 0 aromatic heterocycles. The van der Waals surface area contributed by atoms with Gasteiger partial charge in [0.25, 0.3) is 0 Å². The van der Waals surface area contributed by atoms with E-state index in [0.29, 0.717) is 6.54 Å². The molecule has 1 aromatic carbocycles. The first-order chi connectivity index (χ1) is 12.1. The molecule has 5 heteroatoms. The predicted octanol–water partition coefficient (Wildman–Crippen LogP) is 2.56. The molecule has 1 spiro atoms. The van der Waals surface area contributed by atoms with Gasteiger partial charge in [-0.15, -0.1) is 0 Å². The van der Waals surface area contributed by atoms with Crippen molar-refractivity contribution in [2.24, 2.45) is 11.3 Å². The summed E-state index contributed by atoms with van der Waals surface area (Å²) in [5.41, 5.74) is 2.05. The smallest absolute Gasteiger partial charge is 0.244 e. The Morgan fingerprint density at radius 1 is 1.28 bits per heavy atom. The highest BCUT2D eigenvalue weighted by atomic mass is 16.2. The fourth-order valence-electron chi connectivity index (χ4n) is 4.01. The molecule has 0 radical (unpaired) electrons. The molecule has 5 nitrogen and oxygen atoms in total. The third-order valence-electron chi connectivity index (χ3n) is 5.65. The van der Waals surface area contributed by atoms with Crippen molar-refractivity contribution >= 4 is 17.5 Å². The van der Waals surface area contributed by atoms with Gasteiger partial charge in [0.2, 0.25) is 11.8 Å². The van der Waals surface area contributed by atoms with Crippen molar-refractivity contribution in [1.82, 2.24) is 10.2 Å². The molecule has 1 unspecified atom stereocenters. The maximum atomic E-state index is 12.9. The third kappa shape index (κ3) is 4.03. The van der Waals surface area contributed by atoms with E-state index in [1.54, 1.807) is 4.90 Å². The van der Waals surface area contributed by atoms with Crippen LogP contribution in [0.25, 0.3) is 0 Å². The average Bonchev–Trinajstić information content (AvgIpc) is 3.29. The lowest BCUT2D eigenvalue weighted by Gasteiger charge is -2.26. The Hall–Kier alpha value is -1.88. The quantitative estimate of drug-likeness (QED) is 0.834. The first-order valence-electron chi connectivity index (χ1n) is 9.41. The zero-order chi connectivity index (χ0) is 17.9. The Labute approximate surface area is 150 Å². The number of carbonyl (C=O) groups excluding carboxylic acids is 2. The summed E-state index contributed by atoms with van der Waals surface area (Å²) in [6.45, 7) is 6.82. The van der Waals surface area contributed by atoms with Gasteiger partial charge in [0.15, 0.2) is 0 Å². The second-order valence-electron chi connectivity index (χ2n) is 7.49. The second kappa shape index (κ2) is 7.56. The van der Waals surface area contributed by atoms with Crippen LogP contribution in [0.2, 0.25) is 0 Å². The summed E-state index contributed by atoms with van der Waals surface area (Å²) in [7, 11) is 0. The molecule has 2 N–H and O–H groups in total. The summed E-state index contributed by atoms with van der Waals surface area (Å²) in [5, 5.41) is 6.31. The van der Waals surface area contributed by atoms with Gasteiger partial charge in [0.05, 0.1) is 6.54 Å². The normalized spacial score (nSPS) is 21.0. The van der Waals surface area contributed by atoms with Crippen LogP contribution in [0.3, 0.4) is 0 Å². The third-order valence-corrected chi connectivity index (χ3v) is 5.65. The molecule has 2 amide bonds. The Bertz CT molecular complexity index is 638. The van der Waals surface area contributed by atoms with Crippen molar-refractivity contribution < 1.29 is 9.59 Å². The maximum absolute atomic E-state index is 12.9. The highest BCUT2D eigenvalue weighted by Crippen LogP contribution is 2.59. The summed E-state index contributed by atoms with van der Waals surface area (Å²) in [5.74, 6) is 0.173. The van der Waals surface area contributed by atoms with Gasteiger partial charge in [0, 0.05) is 18.2 Å². The van der Waals surface area contributed by atoms with E-state index in [9.17, 15) is 9.59 Å². The molecule has 1 atom stereocenters. The Morgan fingerprint density at radius 2 is 2.00 bits per heavy atom. The number of nitrogens with zero attached hydrogens (tertiary/aromatic N) is 1. The fourth-order valence-corrected chi connectivity index (χ4v) is 4.01. The van der Waals surface area contributed by atoms with E-state index < -0.39 is 0 Å². The van der Waals surface area contributed by atoms with Crippen LogP contribution in [0, 0.1) is 18.3 Å². The molecule has 1 aromatic rings. The van der Waals surface area contributed by atoms with Crippen molar-refractivity contribution in [3.8, 4) is 0 Å². The van der Waals surface area contributed by atoms with Crippen molar-refractivity contribution in [3.05, 3.63) is 29.8 Å². The minimum atomic E-state index is -0.115. The van der Waals surface area contributed by atoms with Crippen LogP contribution >= 0.6 is 0 Å². The van der Waals surface area contributed by atoms with Gasteiger partial charge < -0.3 is 15.5 Å². The molecule has 1 saturated carbocycles. The number of benzene rings is 1. The van der Waals surface area contributed by atoms with Crippen LogP contribution in [0.4, 0.5) is 5.69 Å². The molecule has 0 bridgehead atoms. The Kier molecular flexibility index (Phi) is 5.42. The van der Waals surface area contributed by atoms with Gasteiger partial charge in [-0.05, 0) is 62.7 Å². The van der Waals surface area contributed by atoms with Crippen molar-refractivity contribution in [3.63, 3.8) is 0 Å². The number of rotatable bonds is 6. The number of piperidine rings is 1. The monoisotopic (exact) mass is 343 g/mol. The number of nitrogens with one attached hydrogen (secondary N) is 2. The Balaban J connectivity index is 1.60. The van der Waals surface area contributed by atoms with Crippen LogP contribution in [-0.2, 0) is 9.59 Å². The highest BCUT2D eigenvalue weighted by molar-refractivity contribution is 5.95. The molecule has 1 heterocycles. The van der Waals surface area contributed by atoms with E-state index in [2.05, 4.69) is 10.6 Å². The summed E-state index contributed by atoms with van der Waals surface area (Å²) in [6, 6.07) is 7.71. The summed E-state index contributed by atoms with van der Waals surface area (Å²) < 4.78 is 0. The zero-order valence-electron chi connectivity index (χ0n) is 15.3. The van der Waals surface area contributed by atoms with Gasteiger partial charge in [-0.3, -0.25) is 9.59 Å². The first kappa shape index (κ1) is 17.9. The SMILES string of the molecule is CCCN(CC(=O)Nc1ccccc1C)C(=O)C1CC12CCNCC2. The van der Waals surface area contributed by atoms with E-state index >= 15 is 0 Å². The number of anilines is 1. The van der Waals surface area contributed by atoms with E-state index in [4.69, 9.17) is 0 Å². The molecular formula is C20H29N3O2. The lowest BCUT2D eigenvalue weighted by atomic mass is 9.91. The van der Waals surface area contributed by atoms with Gasteiger partial charge >= 0.3 is 0 Å². The Morgan fingerprint density at radius 3 is 2.68 bits per heavy atom. The van der Waals surface area contributed by atoms with Gasteiger partial charge in [0.1, 0.15) is 0 Å². The molecule has 1 aliphatic carbocycles. The lowest BCUT2D eigenvalue weighted by molar-refractivity contribution is -0.136. The van der Waals surface area contributed by atoms with Crippen LogP contribution in [0.5, 0.6) is 0 Å². The maximum Gasteiger partial charge on any atom is 0.244 e. The zero-order valence-corrected chi connectivity index (χ0v) is 15.3. The van der Waals surface area contributed by atoms with Crippen LogP contribution < -0.4 is 10.6 Å². The molecule has 3 rings (SSSR count). The molecule has 136 valence electrons. The van der Waals surface area contributed by atoms with Crippen LogP contribution in [-0.4, -0.2) is 42.9 Å². The van der Waals surface area contributed by atoms with Crippen molar-refractivity contribution in [2.45, 2.75) is 39.5 Å². The first-order valence-corrected chi connectivity index (χ1v) is 9.41. The van der Waals surface area contributed by atoms with E-state index in [-0.39, 0.29) is 29.7 Å². The second-order valence-corrected chi connectivity index (χ2v) is 7.49. The largest absolute Gasteiger partial charge is 0.333 e. The average molecular weight is 343 g/mol. The van der Waals surface area contributed by atoms with Crippen molar-refractivity contribution in [2.75, 3.05) is 31.5 Å². The predicted molar refractivity (Wildman–Crippen MR) is 99.3 cm³/mol. The highest BCUT2D eigenvalue weighted by Gasteiger charge is 2.58. The fraction of sp³-hybridized carbons (Fsp3) is 0.600. The van der Waals surface area contributed by atoms with Crippen molar-refractivity contribution in [1.29, 1.82) is 0 Å². The number of hydrogen-bond acceptors (Lipinski definition) is 3. The number of carbonyl (C=O) groups is 2. The topological polar surface area (TPSA) is 61.4 Å². The number of amides is 2. The minimum Gasteiger partial charge on any atom is -0.333 e. The van der Waals surface area contributed by atoms with Gasteiger partial charge in [-0.25, -0.2) is 0 Å². The van der Waals surface area contributed by atoms with Crippen LogP contribution in [0.15, 0.2) is 24.3 Å². The van der Waals surface area contributed by atoms with Crippen LogP contribution in [0.1, 0.15) is 38.2 Å². The molecule has 25 heavy (non-hydrogen) atoms. The standard InChI is InChI=1S/C20H29N3O2/c1-3-12-23(14-18(24)22-17-7-5-4-6-15(17)2)19(25)16-13-20(16)8-10-21-11-9-20/h4-7,16,21H,3,8-14H2,1-2H3,(H,22,24). The molecule has 1 saturated heterocycles. The molecule has 1 aliphatic heterocycles. The number of hydrogen-bond donors (Lipinski definition) is 2. The molecule has 2 fully saturated rings. The number of para-hydroxylation sites is 1. The summed E-state index contributed by atoms with van der Waals surface area (Å²) >= 11 is 0. The van der Waals surface area contributed by atoms with E-state index in [1.807, 2.05) is 38.1 Å². The molecular weight excluding hydrogens is 314 g/mol. The minimum absolute atomic E-state index is 0.115. The van der Waals surface area contributed by atoms with E-state index in [1.165, 1.54) is 0 Å². The van der Waals surface area contributed by atoms with Gasteiger partial charge in [-0.1, -0.05) is 25.1 Å². The van der Waals surface area contributed by atoms with E-state index in [0.717, 1.165) is 50.0 Å².